The first-order chi connectivity index (χ1) is 56.6. The molecule has 0 spiro atoms. The maximum atomic E-state index is 13.3. The number of carbonyl (C=O) groups excluding carboxylic acids is 10. The summed E-state index contributed by atoms with van der Waals surface area (Å²) in [5.74, 6) is -2.99. The Morgan fingerprint density at radius 3 is 1.56 bits per heavy atom. The highest BCUT2D eigenvalue weighted by Gasteiger charge is 2.43. The Hall–Kier alpha value is -12.1. The molecule has 8 aromatic rings. The minimum Gasteiger partial charge on any atom is -0.392 e. The molecular formula is C78H101N21O18. The molecule has 0 saturated heterocycles. The standard InChI is InChI=1S/C78H101N21O18/c1-51(101)99-59-14-13-53(39-60(59)98(47-62(99)52-11-12-52)44-54-9-7-8-10-55(54)50-100)56-42-83-78(84-43-56)92-70(106)19-25-111-27-29-113-31-33-115-35-37-117-38-36-116-34-32-114-30-28-112-26-23-79-66(102)17-20-82-75(108)72-89-64(48-96(72)5)88-69(105)18-21-81-74(107)61-40-57(45-94(61)3)85-77(110)73-90-63(49-97(73)6)87-67(103)15-16-68(104)91-65-41-58(46-95(65)4)86-76(109)71-80-22-24-93(71)2/h7-10,13-14,22,24,39-43,45-46,48-49,52,62,100H,11-12,15-21,23,25-38,44,47,50H2,1-6H3,(H,79,102)(H,81,107)(H,82,108)(H,85,110)(H,86,109)(H,87,103)(H,88,105)(H,91,104)(H,83,84,92,106)/t62-/m1/s1. The summed E-state index contributed by atoms with van der Waals surface area (Å²) < 4.78 is 46.3. The van der Waals surface area contributed by atoms with Crippen molar-refractivity contribution in [2.24, 2.45) is 41.2 Å². The molecule has 39 nitrogen and oxygen atoms in total. The summed E-state index contributed by atoms with van der Waals surface area (Å²) in [6, 6.07) is 16.9. The first-order valence-electron chi connectivity index (χ1n) is 38.3. The van der Waals surface area contributed by atoms with Crippen LogP contribution in [-0.2, 0) is 110 Å². The lowest BCUT2D eigenvalue weighted by Crippen LogP contribution is -2.52. The normalized spacial score (nSPS) is 13.0. The predicted octanol–water partition coefficient (Wildman–Crippen LogP) is 3.67. The van der Waals surface area contributed by atoms with Crippen LogP contribution >= 0.6 is 0 Å². The van der Waals surface area contributed by atoms with E-state index in [1.165, 1.54) is 44.6 Å². The van der Waals surface area contributed by atoms with E-state index < -0.39 is 41.4 Å². The van der Waals surface area contributed by atoms with Gasteiger partial charge in [0.05, 0.1) is 134 Å². The molecule has 10 rings (SSSR count). The van der Waals surface area contributed by atoms with E-state index in [2.05, 4.69) is 83.7 Å². The Bertz CT molecular complexity index is 4720. The van der Waals surface area contributed by atoms with E-state index in [4.69, 9.17) is 33.2 Å². The summed E-state index contributed by atoms with van der Waals surface area (Å²) in [4.78, 5) is 154. The lowest BCUT2D eigenvalue weighted by molar-refractivity contribution is -0.121. The SMILES string of the molecule is CC(=O)N1c2ccc(-c3cnc(NC(=O)CCOCCOCCOCCOCCOCCOCCOCCNC(=O)CCNC(=O)c4nc(NC(=O)CCNC(=O)c5cc(NC(=O)c6nc(NC(=O)CCC(=O)Nc7cc(NC(=O)c8nccn8C)cn7C)cn6C)cn5C)cn4C)nc3)cc2N(Cc2ccccc2CO)C[C@@H]1C1CC1. The van der Waals surface area contributed by atoms with E-state index in [1.54, 1.807) is 82.2 Å². The van der Waals surface area contributed by atoms with Crippen molar-refractivity contribution in [3.63, 3.8) is 0 Å². The largest absolute Gasteiger partial charge is 0.392 e. The number of hydrogen-bond donors (Lipinski definition) is 10. The summed E-state index contributed by atoms with van der Waals surface area (Å²) in [6.45, 7) is 7.72. The fraction of sp³-hybridized carbons (Fsp3) is 0.449. The molecule has 1 fully saturated rings. The predicted molar refractivity (Wildman–Crippen MR) is 428 cm³/mol. The van der Waals surface area contributed by atoms with Gasteiger partial charge in [0.2, 0.25) is 53.0 Å². The number of carbonyl (C=O) groups is 10. The van der Waals surface area contributed by atoms with Gasteiger partial charge in [-0.05, 0) is 53.6 Å². The van der Waals surface area contributed by atoms with Crippen LogP contribution < -0.4 is 57.7 Å². The highest BCUT2D eigenvalue weighted by molar-refractivity contribution is 6.05. The van der Waals surface area contributed by atoms with Crippen LogP contribution in [-0.4, -0.2) is 237 Å². The number of nitrogens with one attached hydrogen (secondary N) is 9. The highest BCUT2D eigenvalue weighted by Crippen LogP contribution is 2.46. The molecule has 6 aromatic heterocycles. The second-order valence-electron chi connectivity index (χ2n) is 27.5. The summed E-state index contributed by atoms with van der Waals surface area (Å²) >= 11 is 0. The lowest BCUT2D eigenvalue weighted by Gasteiger charge is -2.44. The molecule has 1 aliphatic heterocycles. The zero-order valence-electron chi connectivity index (χ0n) is 66.3. The van der Waals surface area contributed by atoms with Crippen LogP contribution in [0.3, 0.4) is 0 Å². The Labute approximate surface area is 674 Å². The van der Waals surface area contributed by atoms with Gasteiger partial charge in [-0.15, -0.1) is 0 Å². The second-order valence-corrected chi connectivity index (χ2v) is 27.5. The van der Waals surface area contributed by atoms with Gasteiger partial charge >= 0.3 is 0 Å². The molecule has 2 aromatic carbocycles. The van der Waals surface area contributed by atoms with Gasteiger partial charge in [0.1, 0.15) is 11.5 Å². The van der Waals surface area contributed by atoms with E-state index in [0.29, 0.717) is 110 Å². The number of aromatic nitrogens is 10. The molecule has 0 bridgehead atoms. The van der Waals surface area contributed by atoms with E-state index in [-0.39, 0.29) is 142 Å². The van der Waals surface area contributed by atoms with Gasteiger partial charge in [-0.1, -0.05) is 30.3 Å². The highest BCUT2D eigenvalue weighted by atomic mass is 16.6. The number of aliphatic hydroxyl groups excluding tert-OH is 1. The van der Waals surface area contributed by atoms with Gasteiger partial charge in [-0.25, -0.2) is 24.9 Å². The molecular weight excluding hydrogens is 1520 g/mol. The minimum atomic E-state index is -0.649. The molecule has 39 heteroatoms. The maximum Gasteiger partial charge on any atom is 0.291 e. The number of amides is 10. The molecule has 0 radical (unpaired) electrons. The number of imidazole rings is 3. The Balaban J connectivity index is 0.480. The first kappa shape index (κ1) is 87.3. The van der Waals surface area contributed by atoms with Crippen LogP contribution in [0.5, 0.6) is 0 Å². The molecule has 1 aliphatic carbocycles. The molecule has 117 heavy (non-hydrogen) atoms. The fourth-order valence-electron chi connectivity index (χ4n) is 12.5. The average molecular weight is 1620 g/mol. The minimum absolute atomic E-state index is 0.00867. The van der Waals surface area contributed by atoms with Gasteiger partial charge in [-0.3, -0.25) is 53.3 Å². The van der Waals surface area contributed by atoms with Crippen LogP contribution in [0.4, 0.5) is 46.2 Å². The molecule has 0 unspecified atom stereocenters. The van der Waals surface area contributed by atoms with Crippen LogP contribution in [0.2, 0.25) is 0 Å². The zero-order valence-corrected chi connectivity index (χ0v) is 66.3. The Morgan fingerprint density at radius 2 is 0.974 bits per heavy atom. The van der Waals surface area contributed by atoms with E-state index in [0.717, 1.165) is 46.5 Å². The molecule has 1 atom stereocenters. The van der Waals surface area contributed by atoms with Crippen molar-refractivity contribution >= 4 is 105 Å². The van der Waals surface area contributed by atoms with Gasteiger partial charge in [0.15, 0.2) is 17.5 Å². The molecule has 7 heterocycles. The molecule has 1 saturated carbocycles. The van der Waals surface area contributed by atoms with Crippen molar-refractivity contribution in [1.29, 1.82) is 0 Å². The molecule has 10 amide bonds. The number of hydrogen-bond acceptors (Lipinski definition) is 24. The number of nitrogens with zero attached hydrogens (tertiary/aromatic N) is 12. The number of fused-ring (bicyclic) bond motifs is 1. The third kappa shape index (κ3) is 26.7. The number of benzene rings is 2. The summed E-state index contributed by atoms with van der Waals surface area (Å²) in [7, 11) is 8.07. The smallest absolute Gasteiger partial charge is 0.291 e. The van der Waals surface area contributed by atoms with Gasteiger partial charge in [0.25, 0.3) is 23.6 Å². The van der Waals surface area contributed by atoms with Gasteiger partial charge in [-0.2, -0.15) is 0 Å². The van der Waals surface area contributed by atoms with Gasteiger partial charge in [0, 0.05) is 162 Å². The third-order valence-electron chi connectivity index (χ3n) is 18.6. The fourth-order valence-corrected chi connectivity index (χ4v) is 12.5. The number of ether oxygens (including phenoxy) is 7. The molecule has 10 N–H and O–H groups in total. The zero-order chi connectivity index (χ0) is 83.2. The number of aryl methyl sites for hydroxylation is 5. The number of anilines is 8. The van der Waals surface area contributed by atoms with E-state index >= 15 is 0 Å². The quantitative estimate of drug-likeness (QED) is 0.0243. The van der Waals surface area contributed by atoms with Gasteiger partial charge < -0.3 is 113 Å². The maximum absolute atomic E-state index is 13.3. The van der Waals surface area contributed by atoms with Crippen molar-refractivity contribution in [3.8, 4) is 11.1 Å². The topological polar surface area (TPSA) is 459 Å². The number of rotatable bonds is 48. The number of aliphatic hydroxyl groups is 1. The Morgan fingerprint density at radius 1 is 0.453 bits per heavy atom. The van der Waals surface area contributed by atoms with Crippen molar-refractivity contribution < 1.29 is 86.2 Å². The van der Waals surface area contributed by atoms with Crippen LogP contribution in [0.25, 0.3) is 11.1 Å². The monoisotopic (exact) mass is 1620 g/mol. The first-order valence-corrected chi connectivity index (χ1v) is 38.3. The van der Waals surface area contributed by atoms with Crippen molar-refractivity contribution in [3.05, 3.63) is 138 Å². The van der Waals surface area contributed by atoms with E-state index in [9.17, 15) is 53.1 Å². The summed E-state index contributed by atoms with van der Waals surface area (Å²) in [5.41, 5.74) is 6.12. The van der Waals surface area contributed by atoms with Crippen molar-refractivity contribution in [1.82, 2.24) is 63.7 Å². The molecule has 2 aliphatic rings. The van der Waals surface area contributed by atoms with Crippen LogP contribution in [0.1, 0.15) is 105 Å². The lowest BCUT2D eigenvalue weighted by atomic mass is 9.98. The van der Waals surface area contributed by atoms with Crippen LogP contribution in [0, 0.1) is 5.92 Å². The van der Waals surface area contributed by atoms with Crippen LogP contribution in [0.15, 0.2) is 104 Å². The summed E-state index contributed by atoms with van der Waals surface area (Å²) in [6.07, 6.45) is 14.2. The summed E-state index contributed by atoms with van der Waals surface area (Å²) in [5, 5.41) is 34.1. The van der Waals surface area contributed by atoms with Crippen molar-refractivity contribution in [2.45, 2.75) is 71.1 Å². The average Bonchev–Trinajstić information content (AvgIpc) is 1.74. The molecule has 626 valence electrons. The van der Waals surface area contributed by atoms with Crippen molar-refractivity contribution in [2.75, 3.05) is 160 Å². The van der Waals surface area contributed by atoms with E-state index in [1.807, 2.05) is 41.3 Å². The second kappa shape index (κ2) is 44.1. The third-order valence-corrected chi connectivity index (χ3v) is 18.6. The Kier molecular flexibility index (Phi) is 32.9.